The van der Waals surface area contributed by atoms with Crippen molar-refractivity contribution in [3.8, 4) is 0 Å². The molecule has 5 heteroatoms. The average molecular weight is 114 g/mol. The highest BCUT2D eigenvalue weighted by molar-refractivity contribution is 4.53. The van der Waals surface area contributed by atoms with Gasteiger partial charge in [-0.2, -0.15) is 13.2 Å². The number of hydrogen-bond acceptors (Lipinski definition) is 2. The Bertz CT molecular complexity index is 51.4. The van der Waals surface area contributed by atoms with Gasteiger partial charge in [-0.15, -0.1) is 0 Å². The summed E-state index contributed by atoms with van der Waals surface area (Å²) in [5.74, 6) is 0. The smallest absolute Gasteiger partial charge is 0.400 e. The first-order chi connectivity index (χ1) is 3.06. The van der Waals surface area contributed by atoms with Gasteiger partial charge < -0.3 is 10.7 Å². The lowest BCUT2D eigenvalue weighted by atomic mass is 10.7. The Kier molecular flexibility index (Phi) is 2.04. The summed E-state index contributed by atoms with van der Waals surface area (Å²) in [6.45, 7) is -1.47. The summed E-state index contributed by atoms with van der Waals surface area (Å²) in [6, 6.07) is 0. The molecule has 0 radical (unpaired) electrons. The maximum Gasteiger partial charge on any atom is 0.400 e. The van der Waals surface area contributed by atoms with Crippen molar-refractivity contribution >= 4 is 0 Å². The molecule has 0 aliphatic carbocycles. The van der Waals surface area contributed by atoms with Crippen molar-refractivity contribution in [3.63, 3.8) is 0 Å². The van der Waals surface area contributed by atoms with Crippen LogP contribution in [-0.4, -0.2) is 12.7 Å². The normalized spacial score (nSPS) is 12.0. The quantitative estimate of drug-likeness (QED) is 0.507. The Morgan fingerprint density at radius 2 is 1.86 bits per heavy atom. The van der Waals surface area contributed by atoms with Gasteiger partial charge >= 0.3 is 6.18 Å². The van der Waals surface area contributed by atoms with Crippen LogP contribution >= 0.6 is 0 Å². The van der Waals surface area contributed by atoms with Gasteiger partial charge in [0.1, 0.15) is 0 Å². The third-order valence-corrected chi connectivity index (χ3v) is 0.273. The Hall–Kier alpha value is -0.290. The summed E-state index contributed by atoms with van der Waals surface area (Å²) < 4.78 is 32.4. The van der Waals surface area contributed by atoms with Gasteiger partial charge in [-0.1, -0.05) is 0 Å². The average Bonchev–Trinajstić information content (AvgIpc) is 1.30. The molecule has 0 aliphatic rings. The zero-order valence-electron chi connectivity index (χ0n) is 3.25. The molecule has 0 aliphatic heterocycles. The highest BCUT2D eigenvalue weighted by Gasteiger charge is 2.23. The minimum atomic E-state index is -4.37. The second-order valence-corrected chi connectivity index (χ2v) is 0.936. The molecule has 0 fully saturated rings. The fourth-order valence-corrected chi connectivity index (χ4v) is 0.0818. The monoisotopic (exact) mass is 114 g/mol. The number of nitrogens with one attached hydrogen (secondary N) is 1. The van der Waals surface area contributed by atoms with Crippen LogP contribution in [-0.2, 0) is 0 Å². The molecule has 0 unspecified atom stereocenters. The molecule has 0 heterocycles. The van der Waals surface area contributed by atoms with E-state index in [1.165, 1.54) is 0 Å². The van der Waals surface area contributed by atoms with E-state index in [9.17, 15) is 13.2 Å². The van der Waals surface area contributed by atoms with Crippen molar-refractivity contribution in [2.75, 3.05) is 6.54 Å². The SMILES string of the molecule is [O-]NCC(F)(F)F. The van der Waals surface area contributed by atoms with Crippen molar-refractivity contribution in [2.45, 2.75) is 6.18 Å². The van der Waals surface area contributed by atoms with Gasteiger partial charge in [-0.25, -0.2) is 0 Å². The lowest BCUT2D eigenvalue weighted by molar-refractivity contribution is -0.122. The number of hydroxylamine groups is 1. The summed E-state index contributed by atoms with van der Waals surface area (Å²) >= 11 is 0. The second-order valence-electron chi connectivity index (χ2n) is 0.936. The van der Waals surface area contributed by atoms with Crippen LogP contribution in [0.3, 0.4) is 0 Å². The predicted octanol–water partition coefficient (Wildman–Crippen LogP) is 0.636. The second kappa shape index (κ2) is 2.13. The van der Waals surface area contributed by atoms with Crippen LogP contribution in [0, 0.1) is 5.21 Å². The van der Waals surface area contributed by atoms with Crippen molar-refractivity contribution in [1.82, 2.24) is 5.48 Å². The largest absolute Gasteiger partial charge is 0.788 e. The summed E-state index contributed by atoms with van der Waals surface area (Å²) in [5.41, 5.74) is 0.733. The van der Waals surface area contributed by atoms with E-state index >= 15 is 0 Å². The van der Waals surface area contributed by atoms with E-state index in [1.807, 2.05) is 0 Å². The number of rotatable bonds is 1. The highest BCUT2D eigenvalue weighted by atomic mass is 19.4. The Morgan fingerprint density at radius 3 is 1.86 bits per heavy atom. The Balaban J connectivity index is 3.15. The molecule has 0 spiro atoms. The van der Waals surface area contributed by atoms with E-state index in [1.54, 1.807) is 0 Å². The van der Waals surface area contributed by atoms with Crippen LogP contribution < -0.4 is 5.48 Å². The number of alkyl halides is 3. The lowest BCUT2D eigenvalue weighted by Crippen LogP contribution is -2.23. The molecule has 1 N–H and O–H groups in total. The van der Waals surface area contributed by atoms with Crippen LogP contribution in [0.4, 0.5) is 13.2 Å². The minimum absolute atomic E-state index is 0.733. The zero-order chi connectivity index (χ0) is 5.91. The number of hydrogen-bond donors (Lipinski definition) is 1. The van der Waals surface area contributed by atoms with Gasteiger partial charge in [0.05, 0.1) is 6.54 Å². The van der Waals surface area contributed by atoms with Crippen LogP contribution in [0.2, 0.25) is 0 Å². The molecule has 0 aromatic rings. The third kappa shape index (κ3) is 5.71. The molecule has 0 atom stereocenters. The van der Waals surface area contributed by atoms with Gasteiger partial charge in [-0.3, -0.25) is 0 Å². The van der Waals surface area contributed by atoms with Crippen molar-refractivity contribution < 1.29 is 13.2 Å². The van der Waals surface area contributed by atoms with Crippen LogP contribution in [0.1, 0.15) is 0 Å². The van der Waals surface area contributed by atoms with E-state index in [-0.39, 0.29) is 0 Å². The topological polar surface area (TPSA) is 35.1 Å². The molecule has 0 rings (SSSR count). The van der Waals surface area contributed by atoms with Gasteiger partial charge in [0.25, 0.3) is 0 Å². The molecule has 7 heavy (non-hydrogen) atoms. The summed E-state index contributed by atoms with van der Waals surface area (Å²) in [4.78, 5) is 0. The van der Waals surface area contributed by atoms with Crippen molar-refractivity contribution in [1.29, 1.82) is 0 Å². The minimum Gasteiger partial charge on any atom is -0.788 e. The lowest BCUT2D eigenvalue weighted by Gasteiger charge is -2.09. The first-order valence-corrected chi connectivity index (χ1v) is 1.48. The molecule has 0 saturated heterocycles. The van der Waals surface area contributed by atoms with Gasteiger partial charge in [0.2, 0.25) is 0 Å². The fraction of sp³-hybridized carbons (Fsp3) is 1.00. The van der Waals surface area contributed by atoms with Crippen LogP contribution in [0.5, 0.6) is 0 Å². The van der Waals surface area contributed by atoms with Crippen molar-refractivity contribution in [3.05, 3.63) is 5.21 Å². The molecular weight excluding hydrogens is 111 g/mol. The molecule has 0 amide bonds. The van der Waals surface area contributed by atoms with E-state index in [0.29, 0.717) is 0 Å². The van der Waals surface area contributed by atoms with Gasteiger partial charge in [0.15, 0.2) is 0 Å². The summed E-state index contributed by atoms with van der Waals surface area (Å²) in [5, 5.41) is 8.98. The fourth-order valence-electron chi connectivity index (χ4n) is 0.0818. The molecule has 0 aromatic heterocycles. The number of halogens is 3. The first-order valence-electron chi connectivity index (χ1n) is 1.48. The molecule has 2 nitrogen and oxygen atoms in total. The summed E-state index contributed by atoms with van der Waals surface area (Å²) in [6.07, 6.45) is -4.37. The van der Waals surface area contributed by atoms with Crippen molar-refractivity contribution in [2.24, 2.45) is 0 Å². The van der Waals surface area contributed by atoms with E-state index in [4.69, 9.17) is 5.21 Å². The van der Waals surface area contributed by atoms with E-state index in [2.05, 4.69) is 0 Å². The van der Waals surface area contributed by atoms with Crippen LogP contribution in [0.25, 0.3) is 0 Å². The summed E-state index contributed by atoms with van der Waals surface area (Å²) in [7, 11) is 0. The first kappa shape index (κ1) is 6.71. The molecule has 0 aromatic carbocycles. The Morgan fingerprint density at radius 1 is 1.43 bits per heavy atom. The van der Waals surface area contributed by atoms with Crippen LogP contribution in [0.15, 0.2) is 0 Å². The van der Waals surface area contributed by atoms with E-state index in [0.717, 1.165) is 5.48 Å². The zero-order valence-corrected chi connectivity index (χ0v) is 3.25. The van der Waals surface area contributed by atoms with E-state index < -0.39 is 12.7 Å². The maximum absolute atomic E-state index is 10.8. The third-order valence-electron chi connectivity index (χ3n) is 0.273. The Labute approximate surface area is 37.9 Å². The molecule has 44 valence electrons. The maximum atomic E-state index is 10.8. The highest BCUT2D eigenvalue weighted by Crippen LogP contribution is 2.11. The molecular formula is C2H3F3NO-. The van der Waals surface area contributed by atoms with Gasteiger partial charge in [-0.05, 0) is 0 Å². The molecule has 0 saturated carbocycles. The molecule has 0 bridgehead atoms. The predicted molar refractivity (Wildman–Crippen MR) is 17.4 cm³/mol. The van der Waals surface area contributed by atoms with Gasteiger partial charge in [0, 0.05) is 0 Å². The standard InChI is InChI=1S/C2H3F3NO/c3-2(4,5)1-6-7/h6H,1H2/q-1.